The third-order valence-corrected chi connectivity index (χ3v) is 9.14. The fourth-order valence-corrected chi connectivity index (χ4v) is 6.81. The van der Waals surface area contributed by atoms with Gasteiger partial charge >= 0.3 is 0 Å². The number of nitrogens with one attached hydrogen (secondary N) is 1. The standard InChI is InChI=1S/C36H40ClN3O4S/c1-26-19-27(2)21-31(20-26)40(45(43,44)32-17-10-7-11-18-32)25-34(41)39(24-29-15-12-16-30(37)22-29)33(35(42)38-36(3,4)5)23-28-13-8-6-9-14-28/h6-22,33H,23-25H2,1-5H3,(H,38,42)/t33-/m0/s1. The van der Waals surface area contributed by atoms with E-state index in [0.717, 1.165) is 21.0 Å². The summed E-state index contributed by atoms with van der Waals surface area (Å²) in [6, 6.07) is 29.1. The first kappa shape index (κ1) is 33.7. The summed E-state index contributed by atoms with van der Waals surface area (Å²) in [5.41, 5.74) is 3.07. The maximum atomic E-state index is 14.6. The molecular weight excluding hydrogens is 606 g/mol. The van der Waals surface area contributed by atoms with E-state index in [1.165, 1.54) is 17.0 Å². The Morgan fingerprint density at radius 3 is 1.96 bits per heavy atom. The minimum Gasteiger partial charge on any atom is -0.350 e. The van der Waals surface area contributed by atoms with Gasteiger partial charge in [0.05, 0.1) is 10.6 Å². The van der Waals surface area contributed by atoms with Gasteiger partial charge in [-0.15, -0.1) is 0 Å². The van der Waals surface area contributed by atoms with Crippen LogP contribution in [0.4, 0.5) is 5.69 Å². The lowest BCUT2D eigenvalue weighted by atomic mass is 10.0. The van der Waals surface area contributed by atoms with Gasteiger partial charge in [-0.1, -0.05) is 78.3 Å². The van der Waals surface area contributed by atoms with Crippen molar-refractivity contribution in [1.82, 2.24) is 10.2 Å². The van der Waals surface area contributed by atoms with Crippen molar-refractivity contribution in [3.63, 3.8) is 0 Å². The van der Waals surface area contributed by atoms with Crippen LogP contribution >= 0.6 is 11.6 Å². The van der Waals surface area contributed by atoms with Crippen LogP contribution in [0.25, 0.3) is 0 Å². The molecule has 0 aliphatic heterocycles. The first-order chi connectivity index (χ1) is 21.2. The molecule has 0 aliphatic carbocycles. The molecule has 9 heteroatoms. The fraction of sp³-hybridized carbons (Fsp3) is 0.278. The molecule has 1 atom stereocenters. The summed E-state index contributed by atoms with van der Waals surface area (Å²) in [6.45, 7) is 8.91. The molecule has 0 fully saturated rings. The fourth-order valence-electron chi connectivity index (χ4n) is 5.18. The number of rotatable bonds is 11. The van der Waals surface area contributed by atoms with Gasteiger partial charge < -0.3 is 10.2 Å². The number of halogens is 1. The van der Waals surface area contributed by atoms with E-state index in [-0.39, 0.29) is 23.8 Å². The highest BCUT2D eigenvalue weighted by molar-refractivity contribution is 7.92. The van der Waals surface area contributed by atoms with Crippen molar-refractivity contribution in [2.24, 2.45) is 0 Å². The lowest BCUT2D eigenvalue weighted by Gasteiger charge is -2.35. The molecule has 0 aromatic heterocycles. The van der Waals surface area contributed by atoms with Gasteiger partial charge in [-0.25, -0.2) is 8.42 Å². The third-order valence-electron chi connectivity index (χ3n) is 7.12. The lowest BCUT2D eigenvalue weighted by Crippen LogP contribution is -2.56. The van der Waals surface area contributed by atoms with Gasteiger partial charge in [0.2, 0.25) is 11.8 Å². The van der Waals surface area contributed by atoms with Crippen molar-refractivity contribution in [3.8, 4) is 0 Å². The molecule has 0 saturated heterocycles. The summed E-state index contributed by atoms with van der Waals surface area (Å²) in [6.07, 6.45) is 0.226. The third kappa shape index (κ3) is 9.19. The number of hydrogen-bond donors (Lipinski definition) is 1. The Morgan fingerprint density at radius 2 is 1.38 bits per heavy atom. The predicted octanol–water partition coefficient (Wildman–Crippen LogP) is 6.71. The second kappa shape index (κ2) is 14.3. The predicted molar refractivity (Wildman–Crippen MR) is 181 cm³/mol. The Balaban J connectivity index is 1.84. The smallest absolute Gasteiger partial charge is 0.264 e. The number of nitrogens with zero attached hydrogens (tertiary/aromatic N) is 2. The Morgan fingerprint density at radius 1 is 0.800 bits per heavy atom. The van der Waals surface area contributed by atoms with Crippen LogP contribution in [0.3, 0.4) is 0 Å². The zero-order chi connectivity index (χ0) is 32.8. The van der Waals surface area contributed by atoms with E-state index in [4.69, 9.17) is 11.6 Å². The number of anilines is 1. The first-order valence-corrected chi connectivity index (χ1v) is 16.6. The minimum atomic E-state index is -4.17. The zero-order valence-electron chi connectivity index (χ0n) is 26.3. The van der Waals surface area contributed by atoms with E-state index >= 15 is 0 Å². The molecule has 1 N–H and O–H groups in total. The molecule has 0 aliphatic rings. The van der Waals surface area contributed by atoms with E-state index in [2.05, 4.69) is 5.32 Å². The largest absolute Gasteiger partial charge is 0.350 e. The molecule has 2 amide bonds. The molecule has 236 valence electrons. The number of sulfonamides is 1. The summed E-state index contributed by atoms with van der Waals surface area (Å²) in [5, 5.41) is 3.53. The zero-order valence-corrected chi connectivity index (χ0v) is 27.9. The summed E-state index contributed by atoms with van der Waals surface area (Å²) in [7, 11) is -4.17. The van der Waals surface area contributed by atoms with Gasteiger partial charge in [-0.3, -0.25) is 13.9 Å². The Kier molecular flexibility index (Phi) is 10.7. The van der Waals surface area contributed by atoms with Crippen molar-refractivity contribution < 1.29 is 18.0 Å². The van der Waals surface area contributed by atoms with Gasteiger partial charge in [0.25, 0.3) is 10.0 Å². The van der Waals surface area contributed by atoms with Gasteiger partial charge in [0, 0.05) is 23.5 Å². The van der Waals surface area contributed by atoms with Crippen LogP contribution in [0, 0.1) is 13.8 Å². The van der Waals surface area contributed by atoms with Crippen LogP contribution in [0.5, 0.6) is 0 Å². The maximum Gasteiger partial charge on any atom is 0.264 e. The number of carbonyl (C=O) groups is 2. The summed E-state index contributed by atoms with van der Waals surface area (Å²) in [5.74, 6) is -0.871. The number of hydrogen-bond acceptors (Lipinski definition) is 4. The van der Waals surface area contributed by atoms with Crippen LogP contribution in [0.2, 0.25) is 5.02 Å². The molecule has 0 unspecified atom stereocenters. The van der Waals surface area contributed by atoms with E-state index < -0.39 is 34.1 Å². The molecule has 0 saturated carbocycles. The quantitative estimate of drug-likeness (QED) is 0.197. The second-order valence-electron chi connectivity index (χ2n) is 12.3. The second-order valence-corrected chi connectivity index (χ2v) is 14.6. The molecular formula is C36H40ClN3O4S. The lowest BCUT2D eigenvalue weighted by molar-refractivity contribution is -0.140. The van der Waals surface area contributed by atoms with Gasteiger partial charge in [0.15, 0.2) is 0 Å². The van der Waals surface area contributed by atoms with Crippen LogP contribution in [-0.4, -0.2) is 43.3 Å². The highest BCUT2D eigenvalue weighted by Gasteiger charge is 2.35. The molecule has 45 heavy (non-hydrogen) atoms. The van der Waals surface area contributed by atoms with E-state index in [0.29, 0.717) is 16.3 Å². The van der Waals surface area contributed by atoms with E-state index in [1.807, 2.05) is 77.1 Å². The summed E-state index contributed by atoms with van der Waals surface area (Å²) < 4.78 is 29.5. The minimum absolute atomic E-state index is 0.0422. The van der Waals surface area contributed by atoms with Gasteiger partial charge in [0.1, 0.15) is 12.6 Å². The highest BCUT2D eigenvalue weighted by Crippen LogP contribution is 2.27. The summed E-state index contributed by atoms with van der Waals surface area (Å²) >= 11 is 6.32. The average Bonchev–Trinajstić information content (AvgIpc) is 2.97. The SMILES string of the molecule is Cc1cc(C)cc(N(CC(=O)N(Cc2cccc(Cl)c2)[C@@H](Cc2ccccc2)C(=O)NC(C)(C)C)S(=O)(=O)c2ccccc2)c1. The van der Waals surface area contributed by atoms with Crippen LogP contribution in [0.15, 0.2) is 108 Å². The molecule has 0 bridgehead atoms. The van der Waals surface area contributed by atoms with Crippen LogP contribution in [-0.2, 0) is 32.6 Å². The Hall–Kier alpha value is -4.14. The molecule has 0 radical (unpaired) electrons. The summed E-state index contributed by atoms with van der Waals surface area (Å²) in [4.78, 5) is 30.1. The van der Waals surface area contributed by atoms with Crippen LogP contribution < -0.4 is 9.62 Å². The Labute approximate surface area is 271 Å². The molecule has 0 spiro atoms. The van der Waals surface area contributed by atoms with Crippen molar-refractivity contribution >= 4 is 39.1 Å². The number of aryl methyl sites for hydroxylation is 2. The van der Waals surface area contributed by atoms with Gasteiger partial charge in [-0.2, -0.15) is 0 Å². The van der Waals surface area contributed by atoms with Crippen molar-refractivity contribution in [3.05, 3.63) is 130 Å². The Bertz CT molecular complexity index is 1720. The van der Waals surface area contributed by atoms with Crippen molar-refractivity contribution in [1.29, 1.82) is 0 Å². The number of carbonyl (C=O) groups excluding carboxylic acids is 2. The topological polar surface area (TPSA) is 86.8 Å². The highest BCUT2D eigenvalue weighted by atomic mass is 35.5. The average molecular weight is 646 g/mol. The van der Waals surface area contributed by atoms with Gasteiger partial charge in [-0.05, 0) is 93.3 Å². The van der Waals surface area contributed by atoms with Crippen molar-refractivity contribution in [2.75, 3.05) is 10.8 Å². The number of amides is 2. The molecule has 4 aromatic carbocycles. The maximum absolute atomic E-state index is 14.6. The van der Waals surface area contributed by atoms with E-state index in [1.54, 1.807) is 48.5 Å². The number of benzene rings is 4. The van der Waals surface area contributed by atoms with E-state index in [9.17, 15) is 18.0 Å². The van der Waals surface area contributed by atoms with Crippen molar-refractivity contribution in [2.45, 2.75) is 64.1 Å². The normalized spacial score (nSPS) is 12.3. The molecule has 4 rings (SSSR count). The molecule has 0 heterocycles. The molecule has 4 aromatic rings. The molecule has 7 nitrogen and oxygen atoms in total. The monoisotopic (exact) mass is 645 g/mol. The first-order valence-electron chi connectivity index (χ1n) is 14.8. The van der Waals surface area contributed by atoms with Crippen LogP contribution in [0.1, 0.15) is 43.0 Å².